The Morgan fingerprint density at radius 3 is 2.78 bits per heavy atom. The molecule has 32 heavy (non-hydrogen) atoms. The highest BCUT2D eigenvalue weighted by atomic mass is 16.5. The molecule has 7 heteroatoms. The lowest BCUT2D eigenvalue weighted by atomic mass is 9.86. The third kappa shape index (κ3) is 4.04. The lowest BCUT2D eigenvalue weighted by Crippen LogP contribution is -2.27. The topological polar surface area (TPSA) is 120 Å². The standard InChI is InChI=1S/C25H24N2O5/c1-15(28)18-7-8-22-19(12-18)25(9-10-32-22)13-20(25)24(31)27-21-11-16(14-26)5-6-17(21)3-2-4-23(29)30/h5-8,11-12,20,28H,1-4,9-10,13H2,(H,27,31)(H,29,30)/t20-,25-/m0/s1. The molecule has 1 spiro atoms. The number of carbonyl (C=O) groups excluding carboxylic acids is 1. The van der Waals surface area contributed by atoms with Crippen molar-refractivity contribution in [1.82, 2.24) is 0 Å². The molecule has 0 aromatic heterocycles. The Morgan fingerprint density at radius 2 is 2.06 bits per heavy atom. The number of aryl methyl sites for hydroxylation is 1. The maximum Gasteiger partial charge on any atom is 0.303 e. The first-order chi connectivity index (χ1) is 15.3. The van der Waals surface area contributed by atoms with Gasteiger partial charge in [0.2, 0.25) is 5.91 Å². The minimum absolute atomic E-state index is 0.0329. The van der Waals surface area contributed by atoms with Crippen molar-refractivity contribution in [3.05, 3.63) is 65.2 Å². The second-order valence-electron chi connectivity index (χ2n) is 8.39. The molecule has 1 amide bonds. The summed E-state index contributed by atoms with van der Waals surface area (Å²) >= 11 is 0. The molecule has 2 aromatic carbocycles. The van der Waals surface area contributed by atoms with Crippen molar-refractivity contribution in [3.63, 3.8) is 0 Å². The zero-order valence-electron chi connectivity index (χ0n) is 17.6. The number of nitriles is 1. The first kappa shape index (κ1) is 21.4. The number of fused-ring (bicyclic) bond motifs is 2. The van der Waals surface area contributed by atoms with Gasteiger partial charge in [0, 0.05) is 34.6 Å². The Labute approximate surface area is 185 Å². The van der Waals surface area contributed by atoms with Crippen LogP contribution >= 0.6 is 0 Å². The van der Waals surface area contributed by atoms with Crippen molar-refractivity contribution in [2.75, 3.05) is 11.9 Å². The summed E-state index contributed by atoms with van der Waals surface area (Å²) in [5, 5.41) is 30.9. The summed E-state index contributed by atoms with van der Waals surface area (Å²) in [6, 6.07) is 12.5. The molecule has 1 aliphatic carbocycles. The van der Waals surface area contributed by atoms with Gasteiger partial charge in [0.15, 0.2) is 0 Å². The second kappa shape index (κ2) is 8.39. The Kier molecular flexibility index (Phi) is 5.62. The summed E-state index contributed by atoms with van der Waals surface area (Å²) in [5.41, 5.74) is 2.94. The van der Waals surface area contributed by atoms with Crippen molar-refractivity contribution >= 4 is 23.3 Å². The summed E-state index contributed by atoms with van der Waals surface area (Å²) in [4.78, 5) is 24.1. The quantitative estimate of drug-likeness (QED) is 0.565. The number of hydrogen-bond donors (Lipinski definition) is 3. The van der Waals surface area contributed by atoms with Crippen molar-refractivity contribution in [1.29, 1.82) is 5.26 Å². The summed E-state index contributed by atoms with van der Waals surface area (Å²) < 4.78 is 5.77. The number of anilines is 1. The smallest absolute Gasteiger partial charge is 0.303 e. The van der Waals surface area contributed by atoms with Gasteiger partial charge in [-0.2, -0.15) is 5.26 Å². The molecule has 1 saturated carbocycles. The largest absolute Gasteiger partial charge is 0.508 e. The monoisotopic (exact) mass is 432 g/mol. The molecule has 1 fully saturated rings. The van der Waals surface area contributed by atoms with E-state index in [1.165, 1.54) is 0 Å². The van der Waals surface area contributed by atoms with E-state index in [0.29, 0.717) is 49.1 Å². The molecular weight excluding hydrogens is 408 g/mol. The van der Waals surface area contributed by atoms with E-state index in [2.05, 4.69) is 18.0 Å². The van der Waals surface area contributed by atoms with Gasteiger partial charge in [0.05, 0.1) is 18.2 Å². The number of nitrogens with one attached hydrogen (secondary N) is 1. The number of amides is 1. The number of aliphatic carboxylic acids is 1. The number of hydrogen-bond acceptors (Lipinski definition) is 5. The van der Waals surface area contributed by atoms with Crippen LogP contribution in [0, 0.1) is 17.2 Å². The van der Waals surface area contributed by atoms with Gasteiger partial charge in [0.1, 0.15) is 11.5 Å². The predicted molar refractivity (Wildman–Crippen MR) is 118 cm³/mol. The van der Waals surface area contributed by atoms with E-state index in [1.807, 2.05) is 6.07 Å². The molecule has 0 saturated heterocycles. The molecule has 4 rings (SSSR count). The van der Waals surface area contributed by atoms with Crippen LogP contribution < -0.4 is 10.1 Å². The van der Waals surface area contributed by atoms with E-state index in [0.717, 1.165) is 16.9 Å². The van der Waals surface area contributed by atoms with Gasteiger partial charge in [0.25, 0.3) is 0 Å². The highest BCUT2D eigenvalue weighted by Crippen LogP contribution is 2.61. The van der Waals surface area contributed by atoms with Crippen molar-refractivity contribution in [2.24, 2.45) is 5.92 Å². The summed E-state index contributed by atoms with van der Waals surface area (Å²) in [6.45, 7) is 4.10. The number of nitrogens with zero attached hydrogens (tertiary/aromatic N) is 1. The molecule has 0 unspecified atom stereocenters. The molecule has 0 radical (unpaired) electrons. The molecule has 1 aliphatic heterocycles. The van der Waals surface area contributed by atoms with Crippen LogP contribution in [0.25, 0.3) is 5.76 Å². The molecule has 0 bridgehead atoms. The first-order valence-corrected chi connectivity index (χ1v) is 10.6. The predicted octanol–water partition coefficient (Wildman–Crippen LogP) is 4.17. The van der Waals surface area contributed by atoms with Gasteiger partial charge >= 0.3 is 5.97 Å². The van der Waals surface area contributed by atoms with Crippen LogP contribution in [0.5, 0.6) is 5.75 Å². The SMILES string of the molecule is C=C(O)c1ccc2c(c1)[C@]1(CCO2)C[C@H]1C(=O)Nc1cc(C#N)ccc1CCCC(=O)O. The van der Waals surface area contributed by atoms with Crippen LogP contribution in [-0.2, 0) is 21.4 Å². The van der Waals surface area contributed by atoms with E-state index in [-0.39, 0.29) is 29.4 Å². The molecule has 2 atom stereocenters. The fourth-order valence-corrected chi connectivity index (χ4v) is 4.56. The molecule has 7 nitrogen and oxygen atoms in total. The Bertz CT molecular complexity index is 1150. The molecule has 2 aromatic rings. The molecule has 2 aliphatic rings. The highest BCUT2D eigenvalue weighted by Gasteiger charge is 2.61. The number of carboxylic acids is 1. The number of aliphatic hydroxyl groups excluding tert-OH is 1. The van der Waals surface area contributed by atoms with Crippen molar-refractivity contribution < 1.29 is 24.5 Å². The van der Waals surface area contributed by atoms with E-state index >= 15 is 0 Å². The molecule has 1 heterocycles. The van der Waals surface area contributed by atoms with Crippen LogP contribution in [0.15, 0.2) is 43.0 Å². The number of ether oxygens (including phenoxy) is 1. The van der Waals surface area contributed by atoms with Crippen molar-refractivity contribution in [3.8, 4) is 11.8 Å². The second-order valence-corrected chi connectivity index (χ2v) is 8.39. The highest BCUT2D eigenvalue weighted by molar-refractivity contribution is 5.97. The number of carboxylic acid groups (broad SMARTS) is 1. The maximum atomic E-state index is 13.2. The van der Waals surface area contributed by atoms with Crippen LogP contribution in [0.2, 0.25) is 0 Å². The van der Waals surface area contributed by atoms with Crippen molar-refractivity contribution in [2.45, 2.75) is 37.5 Å². The minimum atomic E-state index is -0.868. The molecule has 3 N–H and O–H groups in total. The van der Waals surface area contributed by atoms with Crippen LogP contribution in [0.4, 0.5) is 5.69 Å². The third-order valence-electron chi connectivity index (χ3n) is 6.38. The fraction of sp³-hybridized carbons (Fsp3) is 0.320. The van der Waals surface area contributed by atoms with Gasteiger partial charge in [-0.25, -0.2) is 0 Å². The molecule has 164 valence electrons. The van der Waals surface area contributed by atoms with Crippen LogP contribution in [-0.4, -0.2) is 28.7 Å². The normalized spacial score (nSPS) is 20.5. The van der Waals surface area contributed by atoms with E-state index in [4.69, 9.17) is 9.84 Å². The number of aliphatic hydroxyl groups is 1. The Balaban J connectivity index is 1.56. The zero-order valence-corrected chi connectivity index (χ0v) is 17.6. The minimum Gasteiger partial charge on any atom is -0.508 e. The summed E-state index contributed by atoms with van der Waals surface area (Å²) in [6.07, 6.45) is 2.33. The number of rotatable bonds is 7. The first-order valence-electron chi connectivity index (χ1n) is 10.6. The Hall–Kier alpha value is -3.79. The van der Waals surface area contributed by atoms with E-state index in [1.54, 1.807) is 30.3 Å². The van der Waals surface area contributed by atoms with Gasteiger partial charge in [-0.3, -0.25) is 9.59 Å². The van der Waals surface area contributed by atoms with Gasteiger partial charge in [-0.05, 0) is 61.6 Å². The average molecular weight is 432 g/mol. The fourth-order valence-electron chi connectivity index (χ4n) is 4.56. The van der Waals surface area contributed by atoms with E-state index < -0.39 is 5.97 Å². The summed E-state index contributed by atoms with van der Waals surface area (Å²) in [5.74, 6) is -0.579. The number of benzene rings is 2. The van der Waals surface area contributed by atoms with Crippen LogP contribution in [0.1, 0.15) is 47.9 Å². The van der Waals surface area contributed by atoms with Gasteiger partial charge < -0.3 is 20.3 Å². The van der Waals surface area contributed by atoms with Gasteiger partial charge in [-0.15, -0.1) is 0 Å². The summed E-state index contributed by atoms with van der Waals surface area (Å²) in [7, 11) is 0. The average Bonchev–Trinajstić information content (AvgIpc) is 3.49. The third-order valence-corrected chi connectivity index (χ3v) is 6.38. The van der Waals surface area contributed by atoms with Gasteiger partial charge in [-0.1, -0.05) is 12.6 Å². The lowest BCUT2D eigenvalue weighted by Gasteiger charge is -2.27. The zero-order chi connectivity index (χ0) is 22.9. The van der Waals surface area contributed by atoms with Crippen LogP contribution in [0.3, 0.4) is 0 Å². The lowest BCUT2D eigenvalue weighted by molar-refractivity contribution is -0.137. The number of carbonyl (C=O) groups is 2. The van der Waals surface area contributed by atoms with E-state index in [9.17, 15) is 20.0 Å². The Morgan fingerprint density at radius 1 is 1.25 bits per heavy atom. The maximum absolute atomic E-state index is 13.2. The molecular formula is C25H24N2O5.